The van der Waals surface area contributed by atoms with Crippen LogP contribution in [0.2, 0.25) is 0 Å². The molecule has 4 rings (SSSR count). The Labute approximate surface area is 187 Å². The number of rotatable bonds is 7. The van der Waals surface area contributed by atoms with Gasteiger partial charge in [-0.3, -0.25) is 4.68 Å². The lowest BCUT2D eigenvalue weighted by Gasteiger charge is -2.07. The third-order valence-corrected chi connectivity index (χ3v) is 4.88. The second-order valence-corrected chi connectivity index (χ2v) is 7.81. The van der Waals surface area contributed by atoms with Crippen LogP contribution in [-0.2, 0) is 13.3 Å². The van der Waals surface area contributed by atoms with Crippen molar-refractivity contribution in [3.63, 3.8) is 0 Å². The van der Waals surface area contributed by atoms with Crippen LogP contribution in [0.25, 0.3) is 0 Å². The van der Waals surface area contributed by atoms with E-state index in [0.717, 1.165) is 21.6 Å². The zero-order chi connectivity index (χ0) is 20.8. The molecule has 0 atom stereocenters. The molecule has 0 aliphatic heterocycles. The molecular weight excluding hydrogens is 464 g/mol. The van der Waals surface area contributed by atoms with Crippen molar-refractivity contribution in [3.05, 3.63) is 89.4 Å². The number of hydrogen-bond acceptors (Lipinski definition) is 4. The normalized spacial score (nSPS) is 10.6. The molecule has 0 radical (unpaired) electrons. The van der Waals surface area contributed by atoms with Crippen molar-refractivity contribution in [2.75, 3.05) is 10.6 Å². The number of benzene rings is 2. The summed E-state index contributed by atoms with van der Waals surface area (Å²) in [6.45, 7) is 1.00. The summed E-state index contributed by atoms with van der Waals surface area (Å²) in [6.07, 6.45) is 7.17. The van der Waals surface area contributed by atoms with E-state index in [1.165, 1.54) is 5.56 Å². The van der Waals surface area contributed by atoms with E-state index in [2.05, 4.69) is 48.9 Å². The summed E-state index contributed by atoms with van der Waals surface area (Å²) >= 11 is 8.79. The number of aromatic nitrogens is 4. The molecule has 9 heteroatoms. The van der Waals surface area contributed by atoms with E-state index in [4.69, 9.17) is 17.0 Å². The van der Waals surface area contributed by atoms with Gasteiger partial charge < -0.3 is 15.4 Å². The molecule has 2 heterocycles. The minimum atomic E-state index is 0.301. The van der Waals surface area contributed by atoms with Gasteiger partial charge in [-0.25, -0.2) is 4.68 Å². The number of halogens is 1. The molecule has 4 aromatic rings. The van der Waals surface area contributed by atoms with Gasteiger partial charge in [0.05, 0.1) is 36.5 Å². The molecule has 0 fully saturated rings. The van der Waals surface area contributed by atoms with Crippen molar-refractivity contribution in [1.29, 1.82) is 0 Å². The highest BCUT2D eigenvalue weighted by molar-refractivity contribution is 9.10. The molecule has 0 unspecified atom stereocenters. The smallest absolute Gasteiger partial charge is 0.180 e. The fraction of sp³-hybridized carbons (Fsp3) is 0.0952. The Balaban J connectivity index is 1.27. The standard InChI is InChI=1S/C21H19BrN6OS/c22-17-6-8-20(9-7-17)29-15-28-14-19(11-24-28)26-21(30)25-18-10-23-27(13-18)12-16-4-2-1-3-5-16/h1-11,13-14H,12,15H2,(H2,25,26,30). The molecule has 2 aromatic carbocycles. The number of ether oxygens (including phenoxy) is 1. The average molecular weight is 483 g/mol. The van der Waals surface area contributed by atoms with E-state index in [1.54, 1.807) is 17.1 Å². The summed E-state index contributed by atoms with van der Waals surface area (Å²) in [6, 6.07) is 17.8. The maximum Gasteiger partial charge on any atom is 0.180 e. The van der Waals surface area contributed by atoms with E-state index in [0.29, 0.717) is 18.4 Å². The number of hydrogen-bond donors (Lipinski definition) is 2. The molecule has 2 aromatic heterocycles. The topological polar surface area (TPSA) is 68.9 Å². The first-order valence-electron chi connectivity index (χ1n) is 9.19. The van der Waals surface area contributed by atoms with Gasteiger partial charge in [0.2, 0.25) is 0 Å². The fourth-order valence-corrected chi connectivity index (χ4v) is 3.25. The van der Waals surface area contributed by atoms with Gasteiger partial charge in [-0.1, -0.05) is 46.3 Å². The minimum Gasteiger partial charge on any atom is -0.471 e. The van der Waals surface area contributed by atoms with Gasteiger partial charge in [0.1, 0.15) is 5.75 Å². The summed E-state index contributed by atoms with van der Waals surface area (Å²) in [5.74, 6) is 0.771. The van der Waals surface area contributed by atoms with Crippen molar-refractivity contribution in [3.8, 4) is 5.75 Å². The van der Waals surface area contributed by atoms with Crippen LogP contribution in [0, 0.1) is 0 Å². The zero-order valence-electron chi connectivity index (χ0n) is 15.9. The molecule has 0 saturated carbocycles. The largest absolute Gasteiger partial charge is 0.471 e. The number of anilines is 2. The summed E-state index contributed by atoms with van der Waals surface area (Å²) in [5.41, 5.74) is 2.77. The Morgan fingerprint density at radius 1 is 0.900 bits per heavy atom. The Morgan fingerprint density at radius 3 is 2.23 bits per heavy atom. The lowest BCUT2D eigenvalue weighted by molar-refractivity contribution is 0.221. The van der Waals surface area contributed by atoms with Crippen molar-refractivity contribution in [2.24, 2.45) is 0 Å². The van der Waals surface area contributed by atoms with Crippen molar-refractivity contribution >= 4 is 44.6 Å². The number of nitrogens with zero attached hydrogens (tertiary/aromatic N) is 4. The zero-order valence-corrected chi connectivity index (χ0v) is 18.3. The third-order valence-electron chi connectivity index (χ3n) is 4.15. The molecule has 0 spiro atoms. The van der Waals surface area contributed by atoms with Crippen LogP contribution in [0.3, 0.4) is 0 Å². The van der Waals surface area contributed by atoms with Crippen molar-refractivity contribution in [1.82, 2.24) is 19.6 Å². The lowest BCUT2D eigenvalue weighted by Crippen LogP contribution is -2.18. The summed E-state index contributed by atoms with van der Waals surface area (Å²) in [5, 5.41) is 15.3. The molecular formula is C21H19BrN6OS. The van der Waals surface area contributed by atoms with E-state index in [1.807, 2.05) is 59.5 Å². The molecule has 2 N–H and O–H groups in total. The van der Waals surface area contributed by atoms with Gasteiger partial charge in [-0.2, -0.15) is 10.2 Å². The quantitative estimate of drug-likeness (QED) is 0.371. The highest BCUT2D eigenvalue weighted by atomic mass is 79.9. The van der Waals surface area contributed by atoms with Gasteiger partial charge >= 0.3 is 0 Å². The van der Waals surface area contributed by atoms with Crippen LogP contribution in [0.1, 0.15) is 5.56 Å². The Kier molecular flexibility index (Phi) is 6.41. The minimum absolute atomic E-state index is 0.301. The molecule has 0 saturated heterocycles. The maximum absolute atomic E-state index is 5.70. The van der Waals surface area contributed by atoms with E-state index in [9.17, 15) is 0 Å². The molecule has 0 bridgehead atoms. The lowest BCUT2D eigenvalue weighted by atomic mass is 10.2. The first kappa shape index (κ1) is 20.1. The monoisotopic (exact) mass is 482 g/mol. The number of thiocarbonyl (C=S) groups is 1. The molecule has 7 nitrogen and oxygen atoms in total. The maximum atomic E-state index is 5.70. The average Bonchev–Trinajstić information content (AvgIpc) is 3.37. The van der Waals surface area contributed by atoms with Crippen LogP contribution in [0.4, 0.5) is 11.4 Å². The number of nitrogens with one attached hydrogen (secondary N) is 2. The fourth-order valence-electron chi connectivity index (χ4n) is 2.75. The van der Waals surface area contributed by atoms with E-state index >= 15 is 0 Å². The van der Waals surface area contributed by atoms with Crippen molar-refractivity contribution < 1.29 is 4.74 Å². The van der Waals surface area contributed by atoms with Gasteiger partial charge in [-0.15, -0.1) is 0 Å². The van der Waals surface area contributed by atoms with Crippen LogP contribution in [0.15, 0.2) is 83.9 Å². The van der Waals surface area contributed by atoms with E-state index < -0.39 is 0 Å². The summed E-state index contributed by atoms with van der Waals surface area (Å²) in [4.78, 5) is 0. The summed E-state index contributed by atoms with van der Waals surface area (Å²) in [7, 11) is 0. The third kappa shape index (κ3) is 5.68. The van der Waals surface area contributed by atoms with Crippen molar-refractivity contribution in [2.45, 2.75) is 13.3 Å². The first-order chi connectivity index (χ1) is 14.6. The predicted molar refractivity (Wildman–Crippen MR) is 125 cm³/mol. The second kappa shape index (κ2) is 9.55. The SMILES string of the molecule is S=C(Nc1cnn(COc2ccc(Br)cc2)c1)Nc1cnn(Cc2ccccc2)c1. The second-order valence-electron chi connectivity index (χ2n) is 6.49. The Hall–Kier alpha value is -3.17. The van der Waals surface area contributed by atoms with Gasteiger partial charge in [0.25, 0.3) is 0 Å². The summed E-state index contributed by atoms with van der Waals surface area (Å²) < 4.78 is 10.3. The highest BCUT2D eigenvalue weighted by Crippen LogP contribution is 2.17. The van der Waals surface area contributed by atoms with Crippen LogP contribution in [0.5, 0.6) is 5.75 Å². The molecule has 0 aliphatic carbocycles. The first-order valence-corrected chi connectivity index (χ1v) is 10.4. The molecule has 0 aliphatic rings. The molecule has 152 valence electrons. The van der Waals surface area contributed by atoms with Crippen LogP contribution >= 0.6 is 28.1 Å². The highest BCUT2D eigenvalue weighted by Gasteiger charge is 2.05. The van der Waals surface area contributed by atoms with Crippen LogP contribution < -0.4 is 15.4 Å². The van der Waals surface area contributed by atoms with Crippen LogP contribution in [-0.4, -0.2) is 24.7 Å². The predicted octanol–water partition coefficient (Wildman–Crippen LogP) is 4.74. The Morgan fingerprint density at radius 2 is 1.53 bits per heavy atom. The van der Waals surface area contributed by atoms with Gasteiger partial charge in [0.15, 0.2) is 11.8 Å². The Bertz CT molecular complexity index is 1110. The van der Waals surface area contributed by atoms with Gasteiger partial charge in [-0.05, 0) is 42.0 Å². The molecule has 0 amide bonds. The van der Waals surface area contributed by atoms with Gasteiger partial charge in [0, 0.05) is 10.7 Å². The van der Waals surface area contributed by atoms with E-state index in [-0.39, 0.29) is 0 Å². The molecule has 30 heavy (non-hydrogen) atoms.